The van der Waals surface area contributed by atoms with Crippen molar-refractivity contribution in [1.29, 1.82) is 0 Å². The van der Waals surface area contributed by atoms with Crippen LogP contribution >= 0.6 is 0 Å². The van der Waals surface area contributed by atoms with Crippen molar-refractivity contribution in [3.8, 4) is 0 Å². The van der Waals surface area contributed by atoms with E-state index in [1.807, 2.05) is 0 Å². The average Bonchev–Trinajstić information content (AvgIpc) is 2.43. The minimum Gasteiger partial charge on any atom is -0.409 e. The van der Waals surface area contributed by atoms with Gasteiger partial charge in [0, 0.05) is 18.8 Å². The Bertz CT molecular complexity index is 537. The number of amidine groups is 1. The number of pyridine rings is 1. The summed E-state index contributed by atoms with van der Waals surface area (Å²) in [7, 11) is 2.07. The van der Waals surface area contributed by atoms with Gasteiger partial charge in [-0.15, -0.1) is 0 Å². The second-order valence-corrected chi connectivity index (χ2v) is 5.85. The Morgan fingerprint density at radius 3 is 2.75 bits per heavy atom. The Hall–Kier alpha value is -1.78. The molecule has 3 rings (SSSR count). The minimum absolute atomic E-state index is 0.159. The smallest absolute Gasteiger partial charge is 0.173 e. The van der Waals surface area contributed by atoms with Crippen LogP contribution < -0.4 is 10.6 Å². The number of anilines is 1. The molecule has 5 nitrogen and oxygen atoms in total. The lowest BCUT2D eigenvalue weighted by atomic mass is 9.90. The summed E-state index contributed by atoms with van der Waals surface area (Å²) >= 11 is 0. The van der Waals surface area contributed by atoms with E-state index in [2.05, 4.69) is 23.2 Å². The highest BCUT2D eigenvalue weighted by Crippen LogP contribution is 2.31. The third-order valence-corrected chi connectivity index (χ3v) is 4.62. The fourth-order valence-corrected chi connectivity index (χ4v) is 3.08. The summed E-state index contributed by atoms with van der Waals surface area (Å²) < 4.78 is 0. The number of aromatic nitrogens is 1. The molecule has 1 heterocycles. The maximum absolute atomic E-state index is 9.02. The highest BCUT2D eigenvalue weighted by atomic mass is 16.4. The van der Waals surface area contributed by atoms with Gasteiger partial charge in [-0.25, -0.2) is 4.98 Å². The Morgan fingerprint density at radius 1 is 1.35 bits per heavy atom. The van der Waals surface area contributed by atoms with E-state index in [1.54, 1.807) is 0 Å². The molecule has 0 radical (unpaired) electrons. The summed E-state index contributed by atoms with van der Waals surface area (Å²) in [5.41, 5.74) is 9.07. The van der Waals surface area contributed by atoms with E-state index in [1.165, 1.54) is 43.4 Å². The molecule has 0 aliphatic heterocycles. The molecule has 2 aliphatic rings. The molecule has 0 atom stereocenters. The first-order valence-electron chi connectivity index (χ1n) is 7.44. The lowest BCUT2D eigenvalue weighted by Gasteiger charge is -2.37. The van der Waals surface area contributed by atoms with Crippen LogP contribution in [0.2, 0.25) is 0 Å². The number of rotatable bonds is 3. The average molecular weight is 274 g/mol. The first-order valence-corrected chi connectivity index (χ1v) is 7.44. The van der Waals surface area contributed by atoms with E-state index >= 15 is 0 Å². The lowest BCUT2D eigenvalue weighted by Crippen LogP contribution is -2.39. The molecule has 1 aromatic heterocycles. The topological polar surface area (TPSA) is 74.7 Å². The van der Waals surface area contributed by atoms with E-state index in [-0.39, 0.29) is 5.84 Å². The predicted octanol–water partition coefficient (Wildman–Crippen LogP) is 2.04. The largest absolute Gasteiger partial charge is 0.409 e. The predicted molar refractivity (Wildman–Crippen MR) is 79.4 cm³/mol. The summed E-state index contributed by atoms with van der Waals surface area (Å²) in [5, 5.41) is 12.2. The van der Waals surface area contributed by atoms with Gasteiger partial charge >= 0.3 is 0 Å². The molecule has 0 bridgehead atoms. The van der Waals surface area contributed by atoms with Gasteiger partial charge in [-0.2, -0.15) is 0 Å². The highest BCUT2D eigenvalue weighted by Gasteiger charge is 2.27. The minimum atomic E-state index is 0.159. The van der Waals surface area contributed by atoms with Crippen LogP contribution in [0.15, 0.2) is 11.2 Å². The summed E-state index contributed by atoms with van der Waals surface area (Å²) in [5.74, 6) is 1.03. The zero-order valence-corrected chi connectivity index (χ0v) is 12.0. The Morgan fingerprint density at radius 2 is 2.10 bits per heavy atom. The summed E-state index contributed by atoms with van der Waals surface area (Å²) in [4.78, 5) is 7.04. The normalized spacial score (nSPS) is 19.4. The zero-order valence-electron chi connectivity index (χ0n) is 12.0. The van der Waals surface area contributed by atoms with E-state index in [4.69, 9.17) is 15.9 Å². The molecule has 1 aromatic rings. The monoisotopic (exact) mass is 274 g/mol. The molecule has 1 fully saturated rings. The molecular formula is C15H22N4O. The molecule has 0 spiro atoms. The van der Waals surface area contributed by atoms with Crippen LogP contribution in [0.3, 0.4) is 0 Å². The Labute approximate surface area is 119 Å². The third-order valence-electron chi connectivity index (χ3n) is 4.62. The van der Waals surface area contributed by atoms with Crippen LogP contribution in [0.4, 0.5) is 5.82 Å². The molecular weight excluding hydrogens is 252 g/mol. The molecule has 0 amide bonds. The fourth-order valence-electron chi connectivity index (χ4n) is 3.08. The van der Waals surface area contributed by atoms with E-state index in [9.17, 15) is 0 Å². The van der Waals surface area contributed by atoms with Crippen molar-refractivity contribution in [3.05, 3.63) is 22.9 Å². The lowest BCUT2D eigenvalue weighted by molar-refractivity contribution is 0.318. The second kappa shape index (κ2) is 5.31. The van der Waals surface area contributed by atoms with Crippen molar-refractivity contribution in [2.24, 2.45) is 10.9 Å². The standard InChI is InChI=1S/C15H22N4O/c1-19(11-6-4-7-11)15-12(14(16)18-20)9-10-5-2-3-8-13(10)17-15/h9,11,20H,2-8H2,1H3,(H2,16,18). The second-order valence-electron chi connectivity index (χ2n) is 5.85. The van der Waals surface area contributed by atoms with Crippen LogP contribution in [0.1, 0.15) is 48.9 Å². The maximum atomic E-state index is 9.02. The molecule has 0 saturated heterocycles. The molecule has 0 aromatic carbocycles. The number of fused-ring (bicyclic) bond motifs is 1. The van der Waals surface area contributed by atoms with Crippen molar-refractivity contribution in [2.75, 3.05) is 11.9 Å². The van der Waals surface area contributed by atoms with Gasteiger partial charge in [0.05, 0.1) is 5.56 Å². The SMILES string of the molecule is CN(c1nc2c(cc1C(N)=NO)CCCC2)C1CCC1. The van der Waals surface area contributed by atoms with Gasteiger partial charge in [0.15, 0.2) is 5.84 Å². The zero-order chi connectivity index (χ0) is 14.1. The number of hydrogen-bond donors (Lipinski definition) is 2. The van der Waals surface area contributed by atoms with Gasteiger partial charge in [-0.05, 0) is 56.6 Å². The van der Waals surface area contributed by atoms with Crippen molar-refractivity contribution in [3.63, 3.8) is 0 Å². The van der Waals surface area contributed by atoms with Gasteiger partial charge in [0.25, 0.3) is 0 Å². The van der Waals surface area contributed by atoms with Crippen LogP contribution in [0.25, 0.3) is 0 Å². The molecule has 3 N–H and O–H groups in total. The molecule has 5 heteroatoms. The van der Waals surface area contributed by atoms with Gasteiger partial charge in [0.1, 0.15) is 5.82 Å². The summed E-state index contributed by atoms with van der Waals surface area (Å²) in [6, 6.07) is 2.61. The van der Waals surface area contributed by atoms with Gasteiger partial charge < -0.3 is 15.8 Å². The van der Waals surface area contributed by atoms with Crippen LogP contribution in [0, 0.1) is 0 Å². The fraction of sp³-hybridized carbons (Fsp3) is 0.600. The van der Waals surface area contributed by atoms with Crippen LogP contribution in [0.5, 0.6) is 0 Å². The molecule has 108 valence electrons. The van der Waals surface area contributed by atoms with Gasteiger partial charge in [-0.1, -0.05) is 5.16 Å². The number of oxime groups is 1. The highest BCUT2D eigenvalue weighted by molar-refractivity contribution is 6.01. The number of nitrogens with two attached hydrogens (primary N) is 1. The first-order chi connectivity index (χ1) is 9.70. The molecule has 2 aliphatic carbocycles. The Kier molecular flexibility index (Phi) is 3.51. The molecule has 1 saturated carbocycles. The van der Waals surface area contributed by atoms with Crippen molar-refractivity contribution in [1.82, 2.24) is 4.98 Å². The first kappa shape index (κ1) is 13.2. The van der Waals surface area contributed by atoms with Gasteiger partial charge in [-0.3, -0.25) is 0 Å². The van der Waals surface area contributed by atoms with Crippen LogP contribution in [-0.2, 0) is 12.8 Å². The van der Waals surface area contributed by atoms with Crippen molar-refractivity contribution < 1.29 is 5.21 Å². The quantitative estimate of drug-likeness (QED) is 0.383. The number of nitrogens with zero attached hydrogens (tertiary/aromatic N) is 3. The van der Waals surface area contributed by atoms with Crippen LogP contribution in [-0.4, -0.2) is 29.1 Å². The van der Waals surface area contributed by atoms with E-state index in [0.717, 1.165) is 24.2 Å². The summed E-state index contributed by atoms with van der Waals surface area (Å²) in [6.07, 6.45) is 8.16. The number of aryl methyl sites for hydroxylation is 2. The van der Waals surface area contributed by atoms with E-state index in [0.29, 0.717) is 6.04 Å². The molecule has 0 unspecified atom stereocenters. The molecule has 20 heavy (non-hydrogen) atoms. The third kappa shape index (κ3) is 2.21. The van der Waals surface area contributed by atoms with E-state index < -0.39 is 0 Å². The number of hydrogen-bond acceptors (Lipinski definition) is 4. The van der Waals surface area contributed by atoms with Crippen molar-refractivity contribution in [2.45, 2.75) is 51.0 Å². The van der Waals surface area contributed by atoms with Gasteiger partial charge in [0.2, 0.25) is 0 Å². The Balaban J connectivity index is 2.04. The van der Waals surface area contributed by atoms with Crippen molar-refractivity contribution >= 4 is 11.7 Å². The maximum Gasteiger partial charge on any atom is 0.173 e. The summed E-state index contributed by atoms with van der Waals surface area (Å²) in [6.45, 7) is 0.